The monoisotopic (exact) mass is 496 g/mol. The molecule has 0 aromatic heterocycles. The SMILES string of the molecule is CO[C@@H](C[C@H](CC[C@@H](C)C=O)O[Si](C(C)C)(C(C)C)C(C)C)/C(C)=C/I. The Morgan fingerprint density at radius 3 is 1.85 bits per heavy atom. The summed E-state index contributed by atoms with van der Waals surface area (Å²) in [7, 11) is -0.187. The molecule has 5 heteroatoms. The predicted molar refractivity (Wildman–Crippen MR) is 124 cm³/mol. The van der Waals surface area contributed by atoms with E-state index in [0.717, 1.165) is 25.5 Å². The molecular formula is C21H41IO3Si. The molecule has 0 unspecified atom stereocenters. The Morgan fingerprint density at radius 1 is 1.00 bits per heavy atom. The van der Waals surface area contributed by atoms with Crippen molar-refractivity contribution in [2.45, 2.75) is 103 Å². The minimum absolute atomic E-state index is 0.0709. The van der Waals surface area contributed by atoms with Gasteiger partial charge in [0.05, 0.1) is 6.10 Å². The van der Waals surface area contributed by atoms with E-state index in [4.69, 9.17) is 9.16 Å². The normalized spacial score (nSPS) is 17.0. The molecule has 0 heterocycles. The summed E-state index contributed by atoms with van der Waals surface area (Å²) in [5.74, 6) is 0.0801. The van der Waals surface area contributed by atoms with Gasteiger partial charge >= 0.3 is 0 Å². The minimum atomic E-state index is -1.96. The summed E-state index contributed by atoms with van der Waals surface area (Å²) < 4.78 is 14.9. The smallest absolute Gasteiger partial charge is 0.200 e. The number of ether oxygens (including phenoxy) is 1. The summed E-state index contributed by atoms with van der Waals surface area (Å²) in [5, 5.41) is 0. The highest BCUT2D eigenvalue weighted by atomic mass is 127. The zero-order valence-electron chi connectivity index (χ0n) is 18.3. The molecule has 0 aliphatic heterocycles. The van der Waals surface area contributed by atoms with Crippen LogP contribution in [0.4, 0.5) is 0 Å². The van der Waals surface area contributed by atoms with E-state index in [1.807, 2.05) is 6.92 Å². The molecule has 0 aliphatic carbocycles. The van der Waals surface area contributed by atoms with E-state index in [0.29, 0.717) is 16.6 Å². The molecule has 0 aliphatic rings. The number of aldehydes is 1. The lowest BCUT2D eigenvalue weighted by molar-refractivity contribution is -0.110. The van der Waals surface area contributed by atoms with Gasteiger partial charge in [0, 0.05) is 25.6 Å². The van der Waals surface area contributed by atoms with E-state index in [1.165, 1.54) is 5.57 Å². The van der Waals surface area contributed by atoms with E-state index in [9.17, 15) is 4.79 Å². The predicted octanol–water partition coefficient (Wildman–Crippen LogP) is 6.91. The Hall–Kier alpha value is 0.277. The lowest BCUT2D eigenvalue weighted by Crippen LogP contribution is -2.50. The Kier molecular flexibility index (Phi) is 12.8. The molecule has 0 saturated heterocycles. The third kappa shape index (κ3) is 7.36. The number of carbonyl (C=O) groups excluding carboxylic acids is 1. The van der Waals surface area contributed by atoms with Crippen LogP contribution in [0, 0.1) is 5.92 Å². The van der Waals surface area contributed by atoms with Gasteiger partial charge in [-0.15, -0.1) is 0 Å². The van der Waals surface area contributed by atoms with E-state index in [2.05, 4.69) is 75.1 Å². The molecule has 154 valence electrons. The van der Waals surface area contributed by atoms with Gasteiger partial charge in [0.25, 0.3) is 0 Å². The van der Waals surface area contributed by atoms with Crippen LogP contribution < -0.4 is 0 Å². The molecule has 0 fully saturated rings. The van der Waals surface area contributed by atoms with E-state index >= 15 is 0 Å². The minimum Gasteiger partial charge on any atom is -0.413 e. The molecule has 0 N–H and O–H groups in total. The molecule has 26 heavy (non-hydrogen) atoms. The largest absolute Gasteiger partial charge is 0.413 e. The quantitative estimate of drug-likeness (QED) is 0.158. The maximum atomic E-state index is 11.1. The van der Waals surface area contributed by atoms with Crippen LogP contribution in [-0.4, -0.2) is 33.9 Å². The molecule has 3 atom stereocenters. The Labute approximate surface area is 177 Å². The maximum Gasteiger partial charge on any atom is 0.200 e. The zero-order valence-corrected chi connectivity index (χ0v) is 21.5. The third-order valence-electron chi connectivity index (χ3n) is 5.70. The molecule has 0 saturated carbocycles. The summed E-state index contributed by atoms with van der Waals surface area (Å²) >= 11 is 2.28. The van der Waals surface area contributed by atoms with Crippen LogP contribution >= 0.6 is 22.6 Å². The second-order valence-electron chi connectivity index (χ2n) is 8.56. The summed E-state index contributed by atoms with van der Waals surface area (Å²) in [6.45, 7) is 18.0. The molecule has 0 radical (unpaired) electrons. The van der Waals surface area contributed by atoms with Crippen LogP contribution in [-0.2, 0) is 14.0 Å². The number of rotatable bonds is 13. The standard InChI is InChI=1S/C21H41IO3Si/c1-15(2)26(16(3)4,17(5)6)25-20(11-10-18(7)14-23)12-21(24-9)19(8)13-22/h13-18,20-21H,10-12H2,1-9H3/b19-13+/t18-,20+,21+/m1/s1. The van der Waals surface area contributed by atoms with Crippen molar-refractivity contribution in [3.8, 4) is 0 Å². The number of carbonyl (C=O) groups is 1. The van der Waals surface area contributed by atoms with Crippen LogP contribution in [0.1, 0.15) is 74.7 Å². The first-order valence-electron chi connectivity index (χ1n) is 9.99. The maximum absolute atomic E-state index is 11.1. The van der Waals surface area contributed by atoms with Gasteiger partial charge in [0.2, 0.25) is 8.32 Å². The van der Waals surface area contributed by atoms with Crippen molar-refractivity contribution in [2.75, 3.05) is 7.11 Å². The first-order valence-corrected chi connectivity index (χ1v) is 13.4. The Morgan fingerprint density at radius 2 is 1.50 bits per heavy atom. The molecular weight excluding hydrogens is 455 g/mol. The van der Waals surface area contributed by atoms with Crippen LogP contribution in [0.3, 0.4) is 0 Å². The first kappa shape index (κ1) is 26.3. The van der Waals surface area contributed by atoms with E-state index < -0.39 is 8.32 Å². The van der Waals surface area contributed by atoms with Gasteiger partial charge in [0.15, 0.2) is 0 Å². The molecule has 0 spiro atoms. The lowest BCUT2D eigenvalue weighted by atomic mass is 9.99. The summed E-state index contributed by atoms with van der Waals surface area (Å²) in [5.41, 5.74) is 2.89. The number of methoxy groups -OCH3 is 1. The fraction of sp³-hybridized carbons (Fsp3) is 0.857. The van der Waals surface area contributed by atoms with E-state index in [1.54, 1.807) is 7.11 Å². The molecule has 3 nitrogen and oxygen atoms in total. The second kappa shape index (κ2) is 12.7. The Bertz CT molecular complexity index is 413. The highest BCUT2D eigenvalue weighted by molar-refractivity contribution is 14.1. The van der Waals surface area contributed by atoms with Crippen molar-refractivity contribution in [1.82, 2.24) is 0 Å². The van der Waals surface area contributed by atoms with Gasteiger partial charge in [-0.05, 0) is 46.0 Å². The summed E-state index contributed by atoms with van der Waals surface area (Å²) in [6, 6.07) is 0. The van der Waals surface area contributed by atoms with Crippen molar-refractivity contribution < 1.29 is 14.0 Å². The van der Waals surface area contributed by atoms with Crippen LogP contribution in [0.5, 0.6) is 0 Å². The van der Waals surface area contributed by atoms with Gasteiger partial charge < -0.3 is 14.0 Å². The fourth-order valence-corrected chi connectivity index (χ4v) is 10.2. The average molecular weight is 497 g/mol. The molecule has 0 amide bonds. The van der Waals surface area contributed by atoms with Crippen molar-refractivity contribution in [3.05, 3.63) is 9.66 Å². The number of halogens is 1. The number of hydrogen-bond acceptors (Lipinski definition) is 3. The van der Waals surface area contributed by atoms with Crippen molar-refractivity contribution >= 4 is 37.2 Å². The van der Waals surface area contributed by atoms with Crippen LogP contribution in [0.2, 0.25) is 16.6 Å². The van der Waals surface area contributed by atoms with Gasteiger partial charge in [-0.25, -0.2) is 0 Å². The van der Waals surface area contributed by atoms with Gasteiger partial charge in [0.1, 0.15) is 6.29 Å². The highest BCUT2D eigenvalue weighted by Gasteiger charge is 2.46. The summed E-state index contributed by atoms with van der Waals surface area (Å²) in [4.78, 5) is 11.1. The zero-order chi connectivity index (χ0) is 20.5. The molecule has 0 rings (SSSR count). The fourth-order valence-electron chi connectivity index (χ4n) is 4.22. The molecule has 0 bridgehead atoms. The topological polar surface area (TPSA) is 35.5 Å². The highest BCUT2D eigenvalue weighted by Crippen LogP contribution is 2.44. The van der Waals surface area contributed by atoms with Gasteiger partial charge in [-0.2, -0.15) is 0 Å². The van der Waals surface area contributed by atoms with Gasteiger partial charge in [-0.3, -0.25) is 0 Å². The van der Waals surface area contributed by atoms with Crippen LogP contribution in [0.15, 0.2) is 9.66 Å². The third-order valence-corrected chi connectivity index (χ3v) is 12.8. The molecule has 0 aromatic rings. The van der Waals surface area contributed by atoms with Crippen molar-refractivity contribution in [1.29, 1.82) is 0 Å². The van der Waals surface area contributed by atoms with Gasteiger partial charge in [-0.1, -0.05) is 71.1 Å². The first-order chi connectivity index (χ1) is 12.1. The van der Waals surface area contributed by atoms with Crippen molar-refractivity contribution in [2.24, 2.45) is 5.92 Å². The van der Waals surface area contributed by atoms with Crippen molar-refractivity contribution in [3.63, 3.8) is 0 Å². The van der Waals surface area contributed by atoms with E-state index in [-0.39, 0.29) is 18.1 Å². The average Bonchev–Trinajstić information content (AvgIpc) is 2.58. The lowest BCUT2D eigenvalue weighted by Gasteiger charge is -2.45. The summed E-state index contributed by atoms with van der Waals surface area (Å²) in [6.07, 6.45) is 3.90. The van der Waals surface area contributed by atoms with Crippen LogP contribution in [0.25, 0.3) is 0 Å². The molecule has 0 aromatic carbocycles. The number of hydrogen-bond donors (Lipinski definition) is 0. The second-order valence-corrected chi connectivity index (χ2v) is 14.6. The Balaban J connectivity index is 5.63.